The van der Waals surface area contributed by atoms with Crippen molar-refractivity contribution in [3.05, 3.63) is 0 Å². The molecule has 13 heavy (non-hydrogen) atoms. The van der Waals surface area contributed by atoms with Crippen molar-refractivity contribution in [2.24, 2.45) is 23.2 Å². The number of ether oxygens (including phenoxy) is 1. The van der Waals surface area contributed by atoms with Gasteiger partial charge < -0.3 is 9.84 Å². The lowest BCUT2D eigenvalue weighted by Crippen LogP contribution is -2.58. The largest absolute Gasteiger partial charge is 0.368 e. The predicted molar refractivity (Wildman–Crippen MR) is 46.9 cm³/mol. The fraction of sp³-hybridized carbons (Fsp3) is 1.00. The second-order valence-electron chi connectivity index (χ2n) is 5.67. The van der Waals surface area contributed by atoms with Crippen LogP contribution in [0.25, 0.3) is 0 Å². The Morgan fingerprint density at radius 1 is 1.15 bits per heavy atom. The average Bonchev–Trinajstić information content (AvgIpc) is 2.29. The van der Waals surface area contributed by atoms with Gasteiger partial charge in [-0.3, -0.25) is 0 Å². The van der Waals surface area contributed by atoms with E-state index in [-0.39, 0.29) is 0 Å². The lowest BCUT2D eigenvalue weighted by Gasteiger charge is -2.60. The summed E-state index contributed by atoms with van der Waals surface area (Å²) < 4.78 is 5.64. The smallest absolute Gasteiger partial charge is 0.158 e. The van der Waals surface area contributed by atoms with Crippen molar-refractivity contribution < 1.29 is 9.84 Å². The molecule has 2 nitrogen and oxygen atoms in total. The van der Waals surface area contributed by atoms with Gasteiger partial charge in [0.05, 0.1) is 6.10 Å². The molecule has 0 aromatic carbocycles. The Kier molecular flexibility index (Phi) is 1.09. The van der Waals surface area contributed by atoms with Gasteiger partial charge in [0, 0.05) is 5.92 Å². The lowest BCUT2D eigenvalue weighted by atomic mass is 9.50. The first-order valence-electron chi connectivity index (χ1n) is 5.61. The van der Waals surface area contributed by atoms with E-state index in [1.165, 1.54) is 32.1 Å². The Hall–Kier alpha value is -0.0800. The molecule has 72 valence electrons. The molecular weight excluding hydrogens is 164 g/mol. The second-order valence-corrected chi connectivity index (χ2v) is 5.67. The van der Waals surface area contributed by atoms with E-state index < -0.39 is 6.29 Å². The van der Waals surface area contributed by atoms with Gasteiger partial charge in [-0.15, -0.1) is 0 Å². The van der Waals surface area contributed by atoms with E-state index >= 15 is 0 Å². The van der Waals surface area contributed by atoms with Crippen LogP contribution in [-0.2, 0) is 4.74 Å². The third-order valence-electron chi connectivity index (χ3n) is 5.26. The molecule has 3 aliphatic carbocycles. The summed E-state index contributed by atoms with van der Waals surface area (Å²) in [5, 5.41) is 9.81. The first-order chi connectivity index (χ1) is 6.28. The topological polar surface area (TPSA) is 29.5 Å². The molecule has 1 N–H and O–H groups in total. The molecule has 4 aliphatic rings. The van der Waals surface area contributed by atoms with Crippen LogP contribution in [0.3, 0.4) is 0 Å². The van der Waals surface area contributed by atoms with Crippen LogP contribution in [0.4, 0.5) is 0 Å². The Balaban J connectivity index is 1.80. The summed E-state index contributed by atoms with van der Waals surface area (Å²) in [4.78, 5) is 0. The van der Waals surface area contributed by atoms with Crippen LogP contribution in [0.15, 0.2) is 0 Å². The highest BCUT2D eigenvalue weighted by Gasteiger charge is 2.67. The Bertz CT molecular complexity index is 263. The standard InChI is InChI=1S/C11H16O2/c12-10-9-3-7-1-6-2-8(13-10)5-11(7,9)4-6/h6-10,12H,1-5H2. The molecule has 1 aliphatic heterocycles. The van der Waals surface area contributed by atoms with Gasteiger partial charge >= 0.3 is 0 Å². The van der Waals surface area contributed by atoms with Crippen LogP contribution in [-0.4, -0.2) is 17.5 Å². The van der Waals surface area contributed by atoms with Gasteiger partial charge in [-0.05, 0) is 49.4 Å². The first-order valence-corrected chi connectivity index (χ1v) is 5.61. The normalized spacial score (nSPS) is 67.6. The third kappa shape index (κ3) is 0.668. The van der Waals surface area contributed by atoms with Gasteiger partial charge in [-0.25, -0.2) is 0 Å². The summed E-state index contributed by atoms with van der Waals surface area (Å²) in [6.45, 7) is 0. The second kappa shape index (κ2) is 1.96. The van der Waals surface area contributed by atoms with Crippen LogP contribution >= 0.6 is 0 Å². The maximum atomic E-state index is 9.81. The van der Waals surface area contributed by atoms with Crippen LogP contribution in [0.2, 0.25) is 0 Å². The molecule has 0 amide bonds. The molecule has 0 radical (unpaired) electrons. The van der Waals surface area contributed by atoms with Crippen molar-refractivity contribution in [1.82, 2.24) is 0 Å². The molecule has 0 aromatic heterocycles. The van der Waals surface area contributed by atoms with Crippen LogP contribution in [0, 0.1) is 23.2 Å². The number of fused-ring (bicyclic) bond motifs is 2. The Labute approximate surface area is 78.3 Å². The van der Waals surface area contributed by atoms with Crippen LogP contribution in [0.5, 0.6) is 0 Å². The quantitative estimate of drug-likeness (QED) is 0.612. The first kappa shape index (κ1) is 7.24. The minimum Gasteiger partial charge on any atom is -0.368 e. The van der Waals surface area contributed by atoms with Crippen molar-refractivity contribution in [1.29, 1.82) is 0 Å². The fourth-order valence-corrected chi connectivity index (χ4v) is 4.85. The van der Waals surface area contributed by atoms with E-state index in [2.05, 4.69) is 0 Å². The molecule has 3 bridgehead atoms. The third-order valence-corrected chi connectivity index (χ3v) is 5.26. The van der Waals surface area contributed by atoms with Crippen molar-refractivity contribution >= 4 is 0 Å². The molecule has 2 heteroatoms. The number of aliphatic hydroxyl groups is 1. The maximum Gasteiger partial charge on any atom is 0.158 e. The number of hydrogen-bond acceptors (Lipinski definition) is 2. The van der Waals surface area contributed by atoms with Gasteiger partial charge in [0.25, 0.3) is 0 Å². The zero-order valence-corrected chi connectivity index (χ0v) is 7.78. The van der Waals surface area contributed by atoms with E-state index in [4.69, 9.17) is 4.74 Å². The van der Waals surface area contributed by atoms with E-state index in [1.807, 2.05) is 0 Å². The molecule has 1 saturated heterocycles. The number of hydrogen-bond donors (Lipinski definition) is 1. The van der Waals surface area contributed by atoms with Gasteiger partial charge in [0.1, 0.15) is 0 Å². The molecule has 1 spiro atoms. The van der Waals surface area contributed by atoms with E-state index in [9.17, 15) is 5.11 Å². The molecule has 4 rings (SSSR count). The van der Waals surface area contributed by atoms with Crippen molar-refractivity contribution in [3.63, 3.8) is 0 Å². The molecule has 1 heterocycles. The van der Waals surface area contributed by atoms with Gasteiger partial charge in [0.15, 0.2) is 6.29 Å². The fourth-order valence-electron chi connectivity index (χ4n) is 4.85. The summed E-state index contributed by atoms with van der Waals surface area (Å²) in [7, 11) is 0. The molecular formula is C11H16O2. The van der Waals surface area contributed by atoms with Crippen LogP contribution < -0.4 is 0 Å². The predicted octanol–water partition coefficient (Wildman–Crippen LogP) is 1.53. The van der Waals surface area contributed by atoms with E-state index in [1.54, 1.807) is 0 Å². The molecule has 3 saturated carbocycles. The van der Waals surface area contributed by atoms with E-state index in [0.717, 1.165) is 11.8 Å². The lowest BCUT2D eigenvalue weighted by molar-refractivity contribution is -0.289. The summed E-state index contributed by atoms with van der Waals surface area (Å²) in [5.74, 6) is 2.38. The summed E-state index contributed by atoms with van der Waals surface area (Å²) in [6.07, 6.45) is 6.54. The van der Waals surface area contributed by atoms with Crippen LogP contribution in [0.1, 0.15) is 32.1 Å². The van der Waals surface area contributed by atoms with Crippen molar-refractivity contribution in [2.75, 3.05) is 0 Å². The Morgan fingerprint density at radius 3 is 3.00 bits per heavy atom. The molecule has 0 aromatic rings. The SMILES string of the molecule is OC1OC2CC3CC4CC1C4(C3)C2. The van der Waals surface area contributed by atoms with Crippen molar-refractivity contribution in [3.8, 4) is 0 Å². The average molecular weight is 180 g/mol. The minimum atomic E-state index is -0.422. The summed E-state index contributed by atoms with van der Waals surface area (Å²) >= 11 is 0. The highest BCUT2D eigenvalue weighted by atomic mass is 16.6. The van der Waals surface area contributed by atoms with Crippen molar-refractivity contribution in [2.45, 2.75) is 44.5 Å². The van der Waals surface area contributed by atoms with Gasteiger partial charge in [-0.2, -0.15) is 0 Å². The van der Waals surface area contributed by atoms with E-state index in [0.29, 0.717) is 17.4 Å². The summed E-state index contributed by atoms with van der Waals surface area (Å²) in [5.41, 5.74) is 0.547. The highest BCUT2D eigenvalue weighted by molar-refractivity contribution is 5.14. The zero-order chi connectivity index (χ0) is 8.63. The number of aliphatic hydroxyl groups excluding tert-OH is 1. The van der Waals surface area contributed by atoms with Gasteiger partial charge in [0.2, 0.25) is 0 Å². The summed E-state index contributed by atoms with van der Waals surface area (Å²) in [6, 6.07) is 0. The Morgan fingerprint density at radius 2 is 2.08 bits per heavy atom. The number of rotatable bonds is 0. The molecule has 6 atom stereocenters. The zero-order valence-electron chi connectivity index (χ0n) is 7.78. The molecule has 6 unspecified atom stereocenters. The monoisotopic (exact) mass is 180 g/mol. The molecule has 4 fully saturated rings. The maximum absolute atomic E-state index is 9.81. The highest BCUT2D eigenvalue weighted by Crippen LogP contribution is 2.71. The minimum absolute atomic E-state index is 0.398. The van der Waals surface area contributed by atoms with Gasteiger partial charge in [-0.1, -0.05) is 0 Å².